The number of hydrogen-bond acceptors (Lipinski definition) is 2. The third kappa shape index (κ3) is 4.05. The topological polar surface area (TPSA) is 76.8 Å². The van der Waals surface area contributed by atoms with Crippen molar-refractivity contribution in [2.45, 2.75) is 6.42 Å². The zero-order valence-corrected chi connectivity index (χ0v) is 6.02. The van der Waals surface area contributed by atoms with Crippen LogP contribution in [0.25, 0.3) is 0 Å². The van der Waals surface area contributed by atoms with Crippen LogP contribution in [0.5, 0.6) is 0 Å². The molecule has 0 unspecified atom stereocenters. The molecule has 0 bridgehead atoms. The first-order valence-electron chi connectivity index (χ1n) is 2.07. The number of nitrogens with two attached hydrogens (primary N) is 2. The number of nitrogens with zero attached hydrogens (tertiary/aromatic N) is 2. The summed E-state index contributed by atoms with van der Waals surface area (Å²) in [6, 6.07) is 0. The van der Waals surface area contributed by atoms with Gasteiger partial charge in [0, 0.05) is 23.6 Å². The van der Waals surface area contributed by atoms with Crippen LogP contribution in [0.3, 0.4) is 0 Å². The van der Waals surface area contributed by atoms with Crippen LogP contribution < -0.4 is 11.5 Å². The molecule has 0 aliphatic carbocycles. The summed E-state index contributed by atoms with van der Waals surface area (Å²) in [6.07, 6.45) is 0.201. The third-order valence-corrected chi connectivity index (χ3v) is 1.01. The molecule has 0 aliphatic rings. The van der Waals surface area contributed by atoms with E-state index < -0.39 is 0 Å². The Morgan fingerprint density at radius 2 is 1.44 bits per heavy atom. The smallest absolute Gasteiger partial charge is 0.121 e. The maximum atomic E-state index is 5.15. The zero-order valence-electron chi connectivity index (χ0n) is 4.51. The quantitative estimate of drug-likeness (QED) is 0.463. The van der Waals surface area contributed by atoms with Gasteiger partial charge in [-0.25, -0.2) is 0 Å². The minimum Gasteiger partial charge on any atom is -0.386 e. The largest absolute Gasteiger partial charge is 0.386 e. The first-order valence-corrected chi connectivity index (χ1v) is 2.75. The maximum Gasteiger partial charge on any atom is 0.121 e. The Balaban J connectivity index is 3.75. The Kier molecular flexibility index (Phi) is 4.17. The summed E-state index contributed by atoms with van der Waals surface area (Å²) in [6.45, 7) is 0. The van der Waals surface area contributed by atoms with Gasteiger partial charge in [-0.3, -0.25) is 0 Å². The predicted octanol–water partition coefficient (Wildman–Crippen LogP) is 0.399. The molecule has 0 aromatic heterocycles. The number of rotatable bonds is 2. The van der Waals surface area contributed by atoms with Crippen LogP contribution in [0.1, 0.15) is 6.42 Å². The van der Waals surface area contributed by atoms with Gasteiger partial charge in [-0.2, -0.15) is 9.02 Å². The molecular formula is C3H6Cl2N4. The highest BCUT2D eigenvalue weighted by Crippen LogP contribution is 1.86. The number of hydrogen-bond donors (Lipinski definition) is 2. The lowest BCUT2D eigenvalue weighted by Gasteiger charge is -1.93. The molecule has 0 rings (SSSR count). The van der Waals surface area contributed by atoms with E-state index in [1.54, 1.807) is 0 Å². The van der Waals surface area contributed by atoms with Crippen molar-refractivity contribution in [3.05, 3.63) is 0 Å². The highest BCUT2D eigenvalue weighted by Gasteiger charge is 1.94. The van der Waals surface area contributed by atoms with E-state index in [1.165, 1.54) is 0 Å². The van der Waals surface area contributed by atoms with Gasteiger partial charge in [0.25, 0.3) is 0 Å². The van der Waals surface area contributed by atoms with E-state index in [1.807, 2.05) is 0 Å². The van der Waals surface area contributed by atoms with Gasteiger partial charge >= 0.3 is 0 Å². The Morgan fingerprint density at radius 3 is 1.67 bits per heavy atom. The highest BCUT2D eigenvalue weighted by atomic mass is 35.5. The molecule has 0 aliphatic heterocycles. The van der Waals surface area contributed by atoms with Crippen molar-refractivity contribution in [2.75, 3.05) is 0 Å². The molecule has 0 aromatic carbocycles. The van der Waals surface area contributed by atoms with E-state index in [0.29, 0.717) is 0 Å². The molecule has 0 amide bonds. The number of halogens is 2. The van der Waals surface area contributed by atoms with E-state index in [4.69, 9.17) is 35.0 Å². The fourth-order valence-electron chi connectivity index (χ4n) is 0.245. The monoisotopic (exact) mass is 168 g/mol. The molecule has 0 heterocycles. The summed E-state index contributed by atoms with van der Waals surface area (Å²) in [5, 5.41) is 0. The van der Waals surface area contributed by atoms with E-state index >= 15 is 0 Å². The Morgan fingerprint density at radius 1 is 1.11 bits per heavy atom. The minimum absolute atomic E-state index is 0.193. The average Bonchev–Trinajstić information content (AvgIpc) is 1.87. The molecule has 0 fully saturated rings. The van der Waals surface area contributed by atoms with Crippen molar-refractivity contribution >= 4 is 35.2 Å². The first kappa shape index (κ1) is 8.52. The second kappa shape index (κ2) is 4.40. The summed E-state index contributed by atoms with van der Waals surface area (Å²) in [5.41, 5.74) is 10.3. The second-order valence-electron chi connectivity index (χ2n) is 1.33. The molecule has 52 valence electrons. The van der Waals surface area contributed by atoms with Gasteiger partial charge < -0.3 is 11.5 Å². The van der Waals surface area contributed by atoms with Crippen LogP contribution in [0.2, 0.25) is 0 Å². The van der Waals surface area contributed by atoms with Gasteiger partial charge in [0.15, 0.2) is 0 Å². The molecular weight excluding hydrogens is 163 g/mol. The van der Waals surface area contributed by atoms with Crippen molar-refractivity contribution in [3.63, 3.8) is 0 Å². The van der Waals surface area contributed by atoms with Crippen molar-refractivity contribution < 1.29 is 0 Å². The van der Waals surface area contributed by atoms with Crippen molar-refractivity contribution in [3.8, 4) is 0 Å². The van der Waals surface area contributed by atoms with Gasteiger partial charge in [-0.05, 0) is 0 Å². The van der Waals surface area contributed by atoms with Gasteiger partial charge in [0.2, 0.25) is 0 Å². The molecule has 0 spiro atoms. The fraction of sp³-hybridized carbons (Fsp3) is 0.333. The van der Waals surface area contributed by atoms with E-state index in [2.05, 4.69) is 9.02 Å². The van der Waals surface area contributed by atoms with Crippen LogP contribution in [0, 0.1) is 0 Å². The molecule has 0 saturated carbocycles. The predicted molar refractivity (Wildman–Crippen MR) is 39.6 cm³/mol. The lowest BCUT2D eigenvalue weighted by molar-refractivity contribution is 1.40. The summed E-state index contributed by atoms with van der Waals surface area (Å²) < 4.78 is 6.25. The molecule has 0 atom stereocenters. The minimum atomic E-state index is 0.193. The van der Waals surface area contributed by atoms with Gasteiger partial charge in [-0.15, -0.1) is 0 Å². The second-order valence-corrected chi connectivity index (χ2v) is 1.67. The van der Waals surface area contributed by atoms with Crippen molar-refractivity contribution in [1.82, 2.24) is 0 Å². The van der Waals surface area contributed by atoms with Crippen LogP contribution in [-0.4, -0.2) is 11.7 Å². The van der Waals surface area contributed by atoms with Gasteiger partial charge in [0.1, 0.15) is 11.7 Å². The van der Waals surface area contributed by atoms with Gasteiger partial charge in [0.05, 0.1) is 6.42 Å². The Hall–Kier alpha value is -0.480. The lowest BCUT2D eigenvalue weighted by Crippen LogP contribution is -2.21. The molecule has 6 heteroatoms. The Bertz CT molecular complexity index is 125. The van der Waals surface area contributed by atoms with Gasteiger partial charge in [-0.1, -0.05) is 0 Å². The molecule has 9 heavy (non-hydrogen) atoms. The SMILES string of the molecule is N/C(C/C(N)=N/Cl)=N\Cl. The Labute approximate surface area is 62.8 Å². The molecule has 0 radical (unpaired) electrons. The first-order chi connectivity index (χ1) is 4.20. The lowest BCUT2D eigenvalue weighted by atomic mass is 10.4. The van der Waals surface area contributed by atoms with E-state index in [9.17, 15) is 0 Å². The van der Waals surface area contributed by atoms with Crippen LogP contribution >= 0.6 is 23.6 Å². The fourth-order valence-corrected chi connectivity index (χ4v) is 0.365. The molecule has 4 nitrogen and oxygen atoms in total. The molecule has 0 saturated heterocycles. The summed E-state index contributed by atoms with van der Waals surface area (Å²) >= 11 is 9.92. The maximum absolute atomic E-state index is 5.15. The third-order valence-electron chi connectivity index (χ3n) is 0.579. The van der Waals surface area contributed by atoms with Crippen molar-refractivity contribution in [1.29, 1.82) is 0 Å². The molecule has 4 N–H and O–H groups in total. The van der Waals surface area contributed by atoms with Crippen LogP contribution in [0.4, 0.5) is 0 Å². The highest BCUT2D eigenvalue weighted by molar-refractivity contribution is 6.23. The summed E-state index contributed by atoms with van der Waals surface area (Å²) in [7, 11) is 0. The average molecular weight is 169 g/mol. The van der Waals surface area contributed by atoms with Crippen molar-refractivity contribution in [2.24, 2.45) is 20.5 Å². The molecule has 0 aromatic rings. The zero-order chi connectivity index (χ0) is 7.28. The normalized spacial score (nSPS) is 14.0. The number of amidine groups is 2. The van der Waals surface area contributed by atoms with Crippen LogP contribution in [-0.2, 0) is 0 Å². The summed E-state index contributed by atoms with van der Waals surface area (Å²) in [5.74, 6) is 0.386. The van der Waals surface area contributed by atoms with Crippen LogP contribution in [0.15, 0.2) is 9.02 Å². The summed E-state index contributed by atoms with van der Waals surface area (Å²) in [4.78, 5) is 0. The van der Waals surface area contributed by atoms with E-state index in [-0.39, 0.29) is 18.1 Å². The van der Waals surface area contributed by atoms with E-state index in [0.717, 1.165) is 0 Å². The standard InChI is InChI=1S/C3H6Cl2N4/c4-8-2(6)1-3(7)9-5/h1H2,(H2,6,8)(H2,7,9).